The normalized spacial score (nSPS) is 15.0. The number of carbonyl (C=O) groups excluding carboxylic acids is 1. The van der Waals surface area contributed by atoms with Crippen molar-refractivity contribution >= 4 is 11.6 Å². The molecule has 0 unspecified atom stereocenters. The summed E-state index contributed by atoms with van der Waals surface area (Å²) in [4.78, 5) is 13.7. The van der Waals surface area contributed by atoms with Gasteiger partial charge in [-0.05, 0) is 24.0 Å². The molecule has 19 heavy (non-hydrogen) atoms. The van der Waals surface area contributed by atoms with Crippen LogP contribution in [0.25, 0.3) is 5.57 Å². The van der Waals surface area contributed by atoms with Gasteiger partial charge in [0, 0.05) is 19.6 Å². The summed E-state index contributed by atoms with van der Waals surface area (Å²) < 4.78 is 12.0. The Labute approximate surface area is 113 Å². The number of nitrogens with one attached hydrogen (secondary N) is 1. The maximum absolute atomic E-state index is 12.0. The lowest BCUT2D eigenvalue weighted by Crippen LogP contribution is -2.43. The van der Waals surface area contributed by atoms with Gasteiger partial charge in [-0.2, -0.15) is 0 Å². The molecule has 4 heteroatoms. The zero-order valence-electron chi connectivity index (χ0n) is 10.9. The van der Waals surface area contributed by atoms with E-state index in [0.717, 1.165) is 18.5 Å². The molecule has 0 fully saturated rings. The van der Waals surface area contributed by atoms with Crippen molar-refractivity contribution in [3.05, 3.63) is 42.0 Å². The number of hydrogen-bond acceptors (Lipinski definition) is 1. The molecule has 102 valence electrons. The average Bonchev–Trinajstić information content (AvgIpc) is 2.48. The average molecular weight is 262 g/mol. The van der Waals surface area contributed by atoms with E-state index >= 15 is 0 Å². The van der Waals surface area contributed by atoms with E-state index in [9.17, 15) is 9.18 Å². The Balaban J connectivity index is 1.93. The van der Waals surface area contributed by atoms with Gasteiger partial charge in [-0.25, -0.2) is 4.79 Å². The highest BCUT2D eigenvalue weighted by atomic mass is 19.1. The van der Waals surface area contributed by atoms with Crippen LogP contribution < -0.4 is 5.32 Å². The van der Waals surface area contributed by atoms with Crippen LogP contribution in [0.1, 0.15) is 18.4 Å². The zero-order valence-corrected chi connectivity index (χ0v) is 10.9. The fourth-order valence-electron chi connectivity index (χ4n) is 2.15. The summed E-state index contributed by atoms with van der Waals surface area (Å²) in [6, 6.07) is 9.98. The van der Waals surface area contributed by atoms with Crippen molar-refractivity contribution in [1.82, 2.24) is 10.2 Å². The Kier molecular flexibility index (Phi) is 4.95. The topological polar surface area (TPSA) is 32.3 Å². The van der Waals surface area contributed by atoms with Crippen LogP contribution in [0.15, 0.2) is 36.4 Å². The van der Waals surface area contributed by atoms with E-state index < -0.39 is 6.67 Å². The summed E-state index contributed by atoms with van der Waals surface area (Å²) in [6.45, 7) is 1.34. The lowest BCUT2D eigenvalue weighted by atomic mass is 10.0. The highest BCUT2D eigenvalue weighted by molar-refractivity contribution is 5.78. The van der Waals surface area contributed by atoms with Gasteiger partial charge >= 0.3 is 6.03 Å². The number of amides is 2. The molecule has 0 radical (unpaired) electrons. The van der Waals surface area contributed by atoms with Crippen molar-refractivity contribution in [2.75, 3.05) is 26.3 Å². The predicted molar refractivity (Wildman–Crippen MR) is 74.6 cm³/mol. The Bertz CT molecular complexity index is 445. The van der Waals surface area contributed by atoms with Crippen molar-refractivity contribution in [3.63, 3.8) is 0 Å². The van der Waals surface area contributed by atoms with Crippen molar-refractivity contribution in [1.29, 1.82) is 0 Å². The van der Waals surface area contributed by atoms with Gasteiger partial charge in [0.05, 0.1) is 6.67 Å². The molecule has 2 rings (SSSR count). The summed E-state index contributed by atoms with van der Waals surface area (Å²) in [7, 11) is 0. The van der Waals surface area contributed by atoms with E-state index in [-0.39, 0.29) is 6.03 Å². The first-order valence-corrected chi connectivity index (χ1v) is 6.64. The Morgan fingerprint density at radius 2 is 2.11 bits per heavy atom. The molecule has 0 aliphatic carbocycles. The van der Waals surface area contributed by atoms with Crippen molar-refractivity contribution in [2.45, 2.75) is 12.8 Å². The van der Waals surface area contributed by atoms with Crippen molar-refractivity contribution < 1.29 is 9.18 Å². The summed E-state index contributed by atoms with van der Waals surface area (Å²) in [5.41, 5.74) is 2.33. The lowest BCUT2D eigenvalue weighted by Gasteiger charge is -2.27. The van der Waals surface area contributed by atoms with Gasteiger partial charge in [-0.3, -0.25) is 4.39 Å². The molecule has 1 aromatic rings. The second-order valence-corrected chi connectivity index (χ2v) is 4.58. The maximum atomic E-state index is 12.0. The maximum Gasteiger partial charge on any atom is 0.317 e. The van der Waals surface area contributed by atoms with Crippen LogP contribution in [0, 0.1) is 0 Å². The van der Waals surface area contributed by atoms with Gasteiger partial charge in [0.15, 0.2) is 0 Å². The minimum atomic E-state index is -0.393. The van der Waals surface area contributed by atoms with Gasteiger partial charge in [0.1, 0.15) is 0 Å². The van der Waals surface area contributed by atoms with E-state index in [4.69, 9.17) is 0 Å². The van der Waals surface area contributed by atoms with Gasteiger partial charge in [0.25, 0.3) is 0 Å². The number of rotatable bonds is 4. The van der Waals surface area contributed by atoms with Gasteiger partial charge in [-0.1, -0.05) is 36.4 Å². The molecule has 1 aromatic carbocycles. The molecule has 1 aliphatic heterocycles. The highest BCUT2D eigenvalue weighted by Gasteiger charge is 2.18. The van der Waals surface area contributed by atoms with E-state index in [1.165, 1.54) is 5.57 Å². The molecule has 0 saturated heterocycles. The quantitative estimate of drug-likeness (QED) is 0.831. The molecule has 0 bridgehead atoms. The summed E-state index contributed by atoms with van der Waals surface area (Å²) >= 11 is 0. The molecule has 1 N–H and O–H groups in total. The number of alkyl halides is 1. The Morgan fingerprint density at radius 1 is 1.32 bits per heavy atom. The molecule has 0 spiro atoms. The van der Waals surface area contributed by atoms with Crippen LogP contribution in [0.2, 0.25) is 0 Å². The molecule has 0 atom stereocenters. The smallest absolute Gasteiger partial charge is 0.317 e. The van der Waals surface area contributed by atoms with Crippen molar-refractivity contribution in [2.24, 2.45) is 0 Å². The number of benzene rings is 1. The monoisotopic (exact) mass is 262 g/mol. The fraction of sp³-hybridized carbons (Fsp3) is 0.400. The van der Waals surface area contributed by atoms with Crippen LogP contribution in [-0.4, -0.2) is 37.2 Å². The first-order valence-electron chi connectivity index (χ1n) is 6.64. The van der Waals surface area contributed by atoms with E-state index in [0.29, 0.717) is 19.5 Å². The number of halogens is 1. The lowest BCUT2D eigenvalue weighted by molar-refractivity contribution is 0.203. The Hall–Kier alpha value is -1.84. The molecule has 1 aliphatic rings. The standard InChI is InChI=1S/C15H19FN2O/c16-9-5-10-17-15(19)18-11-4-8-14(12-18)13-6-2-1-3-7-13/h1-3,6-8H,4-5,9-12H2,(H,17,19). The summed E-state index contributed by atoms with van der Waals surface area (Å²) in [5.74, 6) is 0. The second kappa shape index (κ2) is 6.92. The molecule has 0 aromatic heterocycles. The van der Waals surface area contributed by atoms with E-state index in [2.05, 4.69) is 23.5 Å². The molecular formula is C15H19FN2O. The fourth-order valence-corrected chi connectivity index (χ4v) is 2.15. The van der Waals surface area contributed by atoms with E-state index in [1.54, 1.807) is 4.90 Å². The summed E-state index contributed by atoms with van der Waals surface area (Å²) in [5, 5.41) is 2.75. The number of hydrogen-bond donors (Lipinski definition) is 1. The highest BCUT2D eigenvalue weighted by Crippen LogP contribution is 2.20. The van der Waals surface area contributed by atoms with Crippen LogP contribution in [0.3, 0.4) is 0 Å². The molecular weight excluding hydrogens is 243 g/mol. The Morgan fingerprint density at radius 3 is 2.84 bits per heavy atom. The summed E-state index contributed by atoms with van der Waals surface area (Å²) in [6.07, 6.45) is 3.42. The first kappa shape index (κ1) is 13.6. The SMILES string of the molecule is O=C(NCCCF)N1CCC=C(c2ccccc2)C1. The van der Waals surface area contributed by atoms with Gasteiger partial charge < -0.3 is 10.2 Å². The number of carbonyl (C=O) groups is 1. The van der Waals surface area contributed by atoms with Crippen LogP contribution in [0.4, 0.5) is 9.18 Å². The molecule has 3 nitrogen and oxygen atoms in total. The molecule has 0 saturated carbocycles. The minimum absolute atomic E-state index is 0.102. The van der Waals surface area contributed by atoms with E-state index in [1.807, 2.05) is 18.2 Å². The van der Waals surface area contributed by atoms with Crippen LogP contribution >= 0.6 is 0 Å². The van der Waals surface area contributed by atoms with Crippen molar-refractivity contribution in [3.8, 4) is 0 Å². The van der Waals surface area contributed by atoms with Gasteiger partial charge in [0.2, 0.25) is 0 Å². The minimum Gasteiger partial charge on any atom is -0.338 e. The predicted octanol–water partition coefficient (Wildman–Crippen LogP) is 2.84. The third kappa shape index (κ3) is 3.81. The first-order chi connectivity index (χ1) is 9.31. The zero-order chi connectivity index (χ0) is 13.5. The molecule has 2 amide bonds. The van der Waals surface area contributed by atoms with Crippen LogP contribution in [-0.2, 0) is 0 Å². The van der Waals surface area contributed by atoms with Gasteiger partial charge in [-0.15, -0.1) is 0 Å². The second-order valence-electron chi connectivity index (χ2n) is 4.58. The largest absolute Gasteiger partial charge is 0.338 e. The third-order valence-electron chi connectivity index (χ3n) is 3.17. The van der Waals surface area contributed by atoms with Crippen LogP contribution in [0.5, 0.6) is 0 Å². The molecule has 1 heterocycles. The number of nitrogens with zero attached hydrogens (tertiary/aromatic N) is 1. The third-order valence-corrected chi connectivity index (χ3v) is 3.17. The number of urea groups is 1.